The van der Waals surface area contributed by atoms with Gasteiger partial charge in [0.1, 0.15) is 6.10 Å². The Morgan fingerprint density at radius 3 is 3.18 bits per heavy atom. The minimum Gasteiger partial charge on any atom is -0.369 e. The van der Waals surface area contributed by atoms with Crippen LogP contribution in [-0.2, 0) is 11.3 Å². The molecule has 2 aliphatic rings. The lowest BCUT2D eigenvalue weighted by atomic mass is 10.2. The van der Waals surface area contributed by atoms with Gasteiger partial charge in [0.25, 0.3) is 0 Å². The molecule has 2 fully saturated rings. The fraction of sp³-hybridized carbons (Fsp3) is 0.750. The highest BCUT2D eigenvalue weighted by atomic mass is 32.2. The number of aromatic nitrogens is 2. The van der Waals surface area contributed by atoms with Gasteiger partial charge in [0.15, 0.2) is 0 Å². The van der Waals surface area contributed by atoms with Crippen molar-refractivity contribution in [1.29, 1.82) is 0 Å². The van der Waals surface area contributed by atoms with E-state index < -0.39 is 0 Å². The van der Waals surface area contributed by atoms with E-state index in [9.17, 15) is 0 Å². The van der Waals surface area contributed by atoms with E-state index in [0.29, 0.717) is 4.75 Å². The Labute approximate surface area is 106 Å². The predicted molar refractivity (Wildman–Crippen MR) is 69.3 cm³/mol. The van der Waals surface area contributed by atoms with Crippen LogP contribution < -0.4 is 5.32 Å². The van der Waals surface area contributed by atoms with Crippen LogP contribution >= 0.6 is 11.8 Å². The lowest BCUT2D eigenvalue weighted by Crippen LogP contribution is -2.34. The molecule has 1 aliphatic carbocycles. The van der Waals surface area contributed by atoms with Crippen LogP contribution in [0, 0.1) is 0 Å². The van der Waals surface area contributed by atoms with Gasteiger partial charge in [-0.25, -0.2) is 4.98 Å². The summed E-state index contributed by atoms with van der Waals surface area (Å²) < 4.78 is 8.55. The number of rotatable bonds is 4. The molecule has 0 radical (unpaired) electrons. The molecule has 1 unspecified atom stereocenters. The molecule has 4 nitrogen and oxygen atoms in total. The topological polar surface area (TPSA) is 39.1 Å². The van der Waals surface area contributed by atoms with E-state index >= 15 is 0 Å². The predicted octanol–water partition coefficient (Wildman–Crippen LogP) is 1.44. The summed E-state index contributed by atoms with van der Waals surface area (Å²) in [5, 5.41) is 3.37. The van der Waals surface area contributed by atoms with E-state index in [1.54, 1.807) is 0 Å². The standard InChI is InChI=1S/C12H19N3OS/c1-17-12(2-3-12)8-15-9-14-6-10(15)11-7-13-4-5-16-11/h6,9,11,13H,2-5,7-8H2,1H3. The molecule has 1 aromatic heterocycles. The third kappa shape index (κ3) is 2.37. The summed E-state index contributed by atoms with van der Waals surface area (Å²) in [4.78, 5) is 4.29. The molecule has 0 bridgehead atoms. The molecule has 1 saturated heterocycles. The third-order valence-electron chi connectivity index (χ3n) is 3.70. The summed E-state index contributed by atoms with van der Waals surface area (Å²) in [6.45, 7) is 3.73. The van der Waals surface area contributed by atoms with Gasteiger partial charge < -0.3 is 14.6 Å². The number of morpholine rings is 1. The fourth-order valence-electron chi connectivity index (χ4n) is 2.36. The molecule has 5 heteroatoms. The molecule has 1 atom stereocenters. The van der Waals surface area contributed by atoms with Gasteiger partial charge in [-0.1, -0.05) is 0 Å². The van der Waals surface area contributed by atoms with Crippen LogP contribution in [0.5, 0.6) is 0 Å². The number of imidazole rings is 1. The quantitative estimate of drug-likeness (QED) is 0.881. The van der Waals surface area contributed by atoms with Gasteiger partial charge >= 0.3 is 0 Å². The highest BCUT2D eigenvalue weighted by Gasteiger charge is 2.42. The number of ether oxygens (including phenoxy) is 1. The summed E-state index contributed by atoms with van der Waals surface area (Å²) in [6, 6.07) is 0. The van der Waals surface area contributed by atoms with Crippen molar-refractivity contribution in [2.75, 3.05) is 26.0 Å². The summed E-state index contributed by atoms with van der Waals surface area (Å²) in [6.07, 6.45) is 8.94. The van der Waals surface area contributed by atoms with Crippen molar-refractivity contribution in [1.82, 2.24) is 14.9 Å². The lowest BCUT2D eigenvalue weighted by molar-refractivity contribution is 0.0227. The first-order valence-corrected chi connectivity index (χ1v) is 7.43. The highest BCUT2D eigenvalue weighted by molar-refractivity contribution is 8.00. The number of hydrogen-bond donors (Lipinski definition) is 1. The Hall–Kier alpha value is -0.520. The maximum atomic E-state index is 5.80. The second kappa shape index (κ2) is 4.63. The number of nitrogens with one attached hydrogen (secondary N) is 1. The van der Waals surface area contributed by atoms with Gasteiger partial charge in [0.05, 0.1) is 24.8 Å². The Morgan fingerprint density at radius 2 is 2.53 bits per heavy atom. The summed E-state index contributed by atoms with van der Waals surface area (Å²) >= 11 is 1.99. The van der Waals surface area contributed by atoms with Gasteiger partial charge in [-0.3, -0.25) is 0 Å². The molecule has 1 aromatic rings. The smallest absolute Gasteiger partial charge is 0.111 e. The summed E-state index contributed by atoms with van der Waals surface area (Å²) in [7, 11) is 0. The molecule has 1 saturated carbocycles. The Kier molecular flexibility index (Phi) is 3.15. The molecule has 1 N–H and O–H groups in total. The van der Waals surface area contributed by atoms with Gasteiger partial charge in [-0.15, -0.1) is 0 Å². The van der Waals surface area contributed by atoms with Gasteiger partial charge in [-0.2, -0.15) is 11.8 Å². The van der Waals surface area contributed by atoms with Crippen molar-refractivity contribution in [3.05, 3.63) is 18.2 Å². The molecular weight excluding hydrogens is 234 g/mol. The van der Waals surface area contributed by atoms with Crippen molar-refractivity contribution in [2.24, 2.45) is 0 Å². The molecule has 0 spiro atoms. The van der Waals surface area contributed by atoms with Gasteiger partial charge in [-0.05, 0) is 19.1 Å². The van der Waals surface area contributed by atoms with E-state index in [2.05, 4.69) is 21.1 Å². The minimum absolute atomic E-state index is 0.170. The van der Waals surface area contributed by atoms with E-state index in [4.69, 9.17) is 4.74 Å². The number of thioether (sulfide) groups is 1. The zero-order chi connectivity index (χ0) is 11.7. The number of hydrogen-bond acceptors (Lipinski definition) is 4. The Bertz CT molecular complexity index is 383. The van der Waals surface area contributed by atoms with Gasteiger partial charge in [0, 0.05) is 24.4 Å². The Morgan fingerprint density at radius 1 is 1.65 bits per heavy atom. The molecule has 17 heavy (non-hydrogen) atoms. The lowest BCUT2D eigenvalue weighted by Gasteiger charge is -2.25. The van der Waals surface area contributed by atoms with Gasteiger partial charge in [0.2, 0.25) is 0 Å². The molecule has 2 heterocycles. The van der Waals surface area contributed by atoms with Crippen LogP contribution in [0.4, 0.5) is 0 Å². The average Bonchev–Trinajstić information content (AvgIpc) is 3.00. The minimum atomic E-state index is 0.170. The molecule has 1 aliphatic heterocycles. The SMILES string of the molecule is CSC1(Cn2cncc2C2CNCCO2)CC1. The monoisotopic (exact) mass is 253 g/mol. The first-order valence-electron chi connectivity index (χ1n) is 6.20. The Balaban J connectivity index is 1.74. The normalized spacial score (nSPS) is 27.0. The summed E-state index contributed by atoms with van der Waals surface area (Å²) in [5.41, 5.74) is 1.22. The highest BCUT2D eigenvalue weighted by Crippen LogP contribution is 2.48. The molecule has 0 amide bonds. The second-order valence-electron chi connectivity index (χ2n) is 4.90. The van der Waals surface area contributed by atoms with Crippen molar-refractivity contribution < 1.29 is 4.74 Å². The van der Waals surface area contributed by atoms with Crippen molar-refractivity contribution >= 4 is 11.8 Å². The largest absolute Gasteiger partial charge is 0.369 e. The van der Waals surface area contributed by atoms with Crippen LogP contribution in [0.25, 0.3) is 0 Å². The average molecular weight is 253 g/mol. The fourth-order valence-corrected chi connectivity index (χ4v) is 3.14. The van der Waals surface area contributed by atoms with Crippen LogP contribution in [0.2, 0.25) is 0 Å². The van der Waals surface area contributed by atoms with E-state index in [1.165, 1.54) is 18.5 Å². The maximum Gasteiger partial charge on any atom is 0.111 e. The molecular formula is C12H19N3OS. The van der Waals surface area contributed by atoms with Crippen molar-refractivity contribution in [3.8, 4) is 0 Å². The molecule has 94 valence electrons. The zero-order valence-corrected chi connectivity index (χ0v) is 11.0. The summed E-state index contributed by atoms with van der Waals surface area (Å²) in [5.74, 6) is 0. The second-order valence-corrected chi connectivity index (χ2v) is 6.17. The van der Waals surface area contributed by atoms with E-state index in [0.717, 1.165) is 26.2 Å². The zero-order valence-electron chi connectivity index (χ0n) is 10.2. The van der Waals surface area contributed by atoms with Crippen molar-refractivity contribution in [2.45, 2.75) is 30.2 Å². The van der Waals surface area contributed by atoms with Crippen LogP contribution in [0.3, 0.4) is 0 Å². The van der Waals surface area contributed by atoms with Crippen LogP contribution in [0.15, 0.2) is 12.5 Å². The first-order chi connectivity index (χ1) is 8.33. The molecule has 0 aromatic carbocycles. The first kappa shape index (κ1) is 11.6. The van der Waals surface area contributed by atoms with Crippen LogP contribution in [-0.4, -0.2) is 40.3 Å². The molecule has 3 rings (SSSR count). The third-order valence-corrected chi connectivity index (χ3v) is 5.10. The number of nitrogens with zero attached hydrogens (tertiary/aromatic N) is 2. The van der Waals surface area contributed by atoms with Crippen molar-refractivity contribution in [3.63, 3.8) is 0 Å². The van der Waals surface area contributed by atoms with E-state index in [-0.39, 0.29) is 6.10 Å². The van der Waals surface area contributed by atoms with E-state index in [1.807, 2.05) is 24.3 Å². The maximum absolute atomic E-state index is 5.80. The van der Waals surface area contributed by atoms with Crippen LogP contribution in [0.1, 0.15) is 24.6 Å².